The summed E-state index contributed by atoms with van der Waals surface area (Å²) in [4.78, 5) is 4.46. The second-order valence-corrected chi connectivity index (χ2v) is 6.63. The van der Waals surface area contributed by atoms with Gasteiger partial charge in [-0.15, -0.1) is 0 Å². The zero-order valence-corrected chi connectivity index (χ0v) is 15.7. The van der Waals surface area contributed by atoms with Crippen molar-refractivity contribution in [3.63, 3.8) is 0 Å². The third kappa shape index (κ3) is 5.84. The van der Waals surface area contributed by atoms with Crippen LogP contribution in [0.4, 0.5) is 10.1 Å². The molecule has 5 nitrogen and oxygen atoms in total. The maximum atomic E-state index is 13.0. The average Bonchev–Trinajstić information content (AvgIpc) is 2.69. The summed E-state index contributed by atoms with van der Waals surface area (Å²) in [6.07, 6.45) is -0.547. The molecule has 0 amide bonds. The van der Waals surface area contributed by atoms with Crippen molar-refractivity contribution in [1.82, 2.24) is 4.90 Å². The summed E-state index contributed by atoms with van der Waals surface area (Å²) in [5.41, 5.74) is 1.04. The molecule has 27 heavy (non-hydrogen) atoms. The Morgan fingerprint density at radius 1 is 0.926 bits per heavy atom. The van der Waals surface area contributed by atoms with Gasteiger partial charge in [0.15, 0.2) is 0 Å². The van der Waals surface area contributed by atoms with Crippen LogP contribution in [0.3, 0.4) is 0 Å². The first kappa shape index (κ1) is 19.5. The average molecular weight is 374 g/mol. The molecule has 2 aromatic rings. The maximum Gasteiger partial charge on any atom is 0.123 e. The molecule has 0 spiro atoms. The number of ether oxygens (including phenoxy) is 2. The van der Waals surface area contributed by atoms with E-state index in [2.05, 4.69) is 9.80 Å². The van der Waals surface area contributed by atoms with Gasteiger partial charge in [-0.25, -0.2) is 4.39 Å². The highest BCUT2D eigenvalue weighted by Crippen LogP contribution is 2.19. The van der Waals surface area contributed by atoms with E-state index in [-0.39, 0.29) is 12.4 Å². The van der Waals surface area contributed by atoms with E-state index in [0.29, 0.717) is 13.2 Å². The van der Waals surface area contributed by atoms with E-state index in [1.807, 2.05) is 43.3 Å². The minimum absolute atomic E-state index is 0.215. The van der Waals surface area contributed by atoms with Crippen molar-refractivity contribution < 1.29 is 19.0 Å². The molecule has 146 valence electrons. The van der Waals surface area contributed by atoms with Gasteiger partial charge in [-0.3, -0.25) is 4.90 Å². The van der Waals surface area contributed by atoms with E-state index >= 15 is 0 Å². The van der Waals surface area contributed by atoms with Crippen molar-refractivity contribution in [3.8, 4) is 11.5 Å². The van der Waals surface area contributed by atoms with E-state index in [1.54, 1.807) is 0 Å². The predicted octanol–water partition coefficient (Wildman–Crippen LogP) is 2.79. The van der Waals surface area contributed by atoms with Crippen LogP contribution in [0.25, 0.3) is 0 Å². The van der Waals surface area contributed by atoms with E-state index in [4.69, 9.17) is 9.47 Å². The normalized spacial score (nSPS) is 16.2. The fourth-order valence-electron chi connectivity index (χ4n) is 3.18. The molecule has 1 atom stereocenters. The number of piperazine rings is 1. The Bertz CT molecular complexity index is 686. The summed E-state index contributed by atoms with van der Waals surface area (Å²) in [6.45, 7) is 6.85. The lowest BCUT2D eigenvalue weighted by Gasteiger charge is -2.36. The minimum Gasteiger partial charge on any atom is -0.494 e. The molecule has 0 saturated carbocycles. The van der Waals surface area contributed by atoms with Gasteiger partial charge >= 0.3 is 0 Å². The Morgan fingerprint density at radius 2 is 1.52 bits per heavy atom. The smallest absolute Gasteiger partial charge is 0.123 e. The SMILES string of the molecule is CCOc1ccc(OCC(O)CN2CCN(c3ccc(F)cc3)CC2)cc1. The molecule has 1 fully saturated rings. The fourth-order valence-corrected chi connectivity index (χ4v) is 3.18. The van der Waals surface area contributed by atoms with Crippen LogP contribution in [0.1, 0.15) is 6.92 Å². The van der Waals surface area contributed by atoms with Gasteiger partial charge in [0.25, 0.3) is 0 Å². The zero-order chi connectivity index (χ0) is 19.1. The molecule has 1 aliphatic rings. The molecule has 0 bridgehead atoms. The summed E-state index contributed by atoms with van der Waals surface area (Å²) in [5, 5.41) is 10.3. The zero-order valence-electron chi connectivity index (χ0n) is 15.7. The lowest BCUT2D eigenvalue weighted by molar-refractivity contribution is 0.0663. The molecular weight excluding hydrogens is 347 g/mol. The number of β-amino-alcohol motifs (C(OH)–C–C–N with tert-alkyl or cyclic N) is 1. The van der Waals surface area contributed by atoms with E-state index in [1.165, 1.54) is 12.1 Å². The molecule has 1 unspecified atom stereocenters. The van der Waals surface area contributed by atoms with Gasteiger partial charge in [0.1, 0.15) is 30.0 Å². The lowest BCUT2D eigenvalue weighted by Crippen LogP contribution is -2.49. The first-order valence-corrected chi connectivity index (χ1v) is 9.40. The van der Waals surface area contributed by atoms with Crippen molar-refractivity contribution in [2.45, 2.75) is 13.0 Å². The van der Waals surface area contributed by atoms with E-state index in [9.17, 15) is 9.50 Å². The number of anilines is 1. The van der Waals surface area contributed by atoms with Gasteiger partial charge in [0, 0.05) is 38.4 Å². The third-order valence-electron chi connectivity index (χ3n) is 4.61. The highest BCUT2D eigenvalue weighted by molar-refractivity contribution is 5.46. The summed E-state index contributed by atoms with van der Waals surface area (Å²) in [7, 11) is 0. The maximum absolute atomic E-state index is 13.0. The van der Waals surface area contributed by atoms with Crippen LogP contribution in [-0.2, 0) is 0 Å². The Kier molecular flexibility index (Phi) is 6.90. The summed E-state index contributed by atoms with van der Waals surface area (Å²) < 4.78 is 24.1. The van der Waals surface area contributed by atoms with Crippen LogP contribution < -0.4 is 14.4 Å². The molecule has 1 aliphatic heterocycles. The van der Waals surface area contributed by atoms with E-state index in [0.717, 1.165) is 43.4 Å². The van der Waals surface area contributed by atoms with Crippen molar-refractivity contribution in [2.75, 3.05) is 50.8 Å². The van der Waals surface area contributed by atoms with Crippen LogP contribution in [0, 0.1) is 5.82 Å². The second kappa shape index (κ2) is 9.58. The van der Waals surface area contributed by atoms with Crippen LogP contribution in [0.15, 0.2) is 48.5 Å². The molecule has 1 N–H and O–H groups in total. The predicted molar refractivity (Wildman–Crippen MR) is 104 cm³/mol. The summed E-state index contributed by atoms with van der Waals surface area (Å²) in [6, 6.07) is 14.0. The van der Waals surface area contributed by atoms with Gasteiger partial charge < -0.3 is 19.5 Å². The molecule has 2 aromatic carbocycles. The fraction of sp³-hybridized carbons (Fsp3) is 0.429. The number of halogens is 1. The number of aliphatic hydroxyl groups excluding tert-OH is 1. The van der Waals surface area contributed by atoms with Crippen LogP contribution in [0.2, 0.25) is 0 Å². The Morgan fingerprint density at radius 3 is 2.11 bits per heavy atom. The number of benzene rings is 2. The second-order valence-electron chi connectivity index (χ2n) is 6.63. The standard InChI is InChI=1S/C21H27FN2O3/c1-2-26-20-7-9-21(10-8-20)27-16-19(25)15-23-11-13-24(14-12-23)18-5-3-17(22)4-6-18/h3-10,19,25H,2,11-16H2,1H3. The van der Waals surface area contributed by atoms with Crippen LogP contribution in [-0.4, -0.2) is 62.0 Å². The molecule has 3 rings (SSSR count). The summed E-state index contributed by atoms with van der Waals surface area (Å²) in [5.74, 6) is 1.32. The van der Waals surface area contributed by atoms with Crippen molar-refractivity contribution in [2.24, 2.45) is 0 Å². The molecular formula is C21H27FN2O3. The molecule has 1 saturated heterocycles. The Labute approximate surface area is 159 Å². The van der Waals surface area contributed by atoms with Gasteiger partial charge in [0.2, 0.25) is 0 Å². The highest BCUT2D eigenvalue weighted by atomic mass is 19.1. The topological polar surface area (TPSA) is 45.2 Å². The Hall–Kier alpha value is -2.31. The largest absolute Gasteiger partial charge is 0.494 e. The molecule has 0 aliphatic carbocycles. The lowest BCUT2D eigenvalue weighted by atomic mass is 10.2. The van der Waals surface area contributed by atoms with Gasteiger partial charge in [-0.05, 0) is 55.5 Å². The van der Waals surface area contributed by atoms with Crippen molar-refractivity contribution in [1.29, 1.82) is 0 Å². The molecule has 0 radical (unpaired) electrons. The molecule has 6 heteroatoms. The number of aliphatic hydroxyl groups is 1. The number of nitrogens with zero attached hydrogens (tertiary/aromatic N) is 2. The minimum atomic E-state index is -0.547. The highest BCUT2D eigenvalue weighted by Gasteiger charge is 2.19. The van der Waals surface area contributed by atoms with Crippen molar-refractivity contribution >= 4 is 5.69 Å². The number of hydrogen-bond donors (Lipinski definition) is 1. The summed E-state index contributed by atoms with van der Waals surface area (Å²) >= 11 is 0. The first-order chi connectivity index (χ1) is 13.1. The van der Waals surface area contributed by atoms with Crippen LogP contribution in [0.5, 0.6) is 11.5 Å². The third-order valence-corrected chi connectivity index (χ3v) is 4.61. The number of hydrogen-bond acceptors (Lipinski definition) is 5. The Balaban J connectivity index is 1.38. The van der Waals surface area contributed by atoms with E-state index < -0.39 is 6.10 Å². The van der Waals surface area contributed by atoms with Crippen LogP contribution >= 0.6 is 0 Å². The monoisotopic (exact) mass is 374 g/mol. The molecule has 0 aromatic heterocycles. The number of rotatable bonds is 8. The first-order valence-electron chi connectivity index (χ1n) is 9.40. The molecule has 1 heterocycles. The van der Waals surface area contributed by atoms with Gasteiger partial charge in [0.05, 0.1) is 6.61 Å². The van der Waals surface area contributed by atoms with Gasteiger partial charge in [-0.1, -0.05) is 0 Å². The van der Waals surface area contributed by atoms with Crippen molar-refractivity contribution in [3.05, 3.63) is 54.3 Å². The quantitative estimate of drug-likeness (QED) is 0.770. The van der Waals surface area contributed by atoms with Gasteiger partial charge in [-0.2, -0.15) is 0 Å².